The van der Waals surface area contributed by atoms with E-state index in [0.29, 0.717) is 6.42 Å². The van der Waals surface area contributed by atoms with Gasteiger partial charge in [-0.25, -0.2) is 0 Å². The molecule has 41 heavy (non-hydrogen) atoms. The minimum atomic E-state index is -0.838. The lowest BCUT2D eigenvalue weighted by atomic mass is 10.0. The van der Waals surface area contributed by atoms with Gasteiger partial charge in [0, 0.05) is 6.42 Å². The van der Waals surface area contributed by atoms with Crippen LogP contribution in [0, 0.1) is 0 Å². The Balaban J connectivity index is 3.56. The molecule has 0 aliphatic carbocycles. The van der Waals surface area contributed by atoms with E-state index in [-0.39, 0.29) is 12.5 Å². The molecule has 0 fully saturated rings. The molecule has 0 aromatic rings. The molecule has 0 spiro atoms. The summed E-state index contributed by atoms with van der Waals surface area (Å²) in [6.45, 7) is 4.10. The van der Waals surface area contributed by atoms with E-state index < -0.39 is 12.1 Å². The maximum atomic E-state index is 12.2. The van der Waals surface area contributed by atoms with E-state index in [4.69, 9.17) is 0 Å². The normalized spacial score (nSPS) is 14.0. The number of unbranched alkanes of at least 4 members (excludes halogenated alkanes) is 14. The molecule has 0 radical (unpaired) electrons. The van der Waals surface area contributed by atoms with Crippen molar-refractivity contribution in [2.75, 3.05) is 6.61 Å². The summed E-state index contributed by atoms with van der Waals surface area (Å²) in [5, 5.41) is 22.6. The van der Waals surface area contributed by atoms with Gasteiger partial charge in [-0.1, -0.05) is 145 Å². The Morgan fingerprint density at radius 1 is 0.610 bits per heavy atom. The summed E-state index contributed by atoms with van der Waals surface area (Å²) in [5.41, 5.74) is 0. The minimum absolute atomic E-state index is 0.0790. The van der Waals surface area contributed by atoms with Crippen LogP contribution in [-0.2, 0) is 4.79 Å². The van der Waals surface area contributed by atoms with Gasteiger partial charge in [0.1, 0.15) is 0 Å². The third-order valence-electron chi connectivity index (χ3n) is 7.26. The van der Waals surface area contributed by atoms with Crippen molar-refractivity contribution in [2.45, 2.75) is 161 Å². The molecular formula is C37H65NO3. The first-order valence-electron chi connectivity index (χ1n) is 17.0. The Bertz CT molecular complexity index is 707. The monoisotopic (exact) mass is 571 g/mol. The van der Waals surface area contributed by atoms with E-state index in [1.165, 1.54) is 77.0 Å². The topological polar surface area (TPSA) is 69.6 Å². The lowest BCUT2D eigenvalue weighted by molar-refractivity contribution is -0.123. The van der Waals surface area contributed by atoms with Crippen LogP contribution in [0.4, 0.5) is 0 Å². The second kappa shape index (κ2) is 32.6. The number of carbonyl (C=O) groups is 1. The Kier molecular flexibility index (Phi) is 31.1. The lowest BCUT2D eigenvalue weighted by Gasteiger charge is -2.20. The number of amides is 1. The van der Waals surface area contributed by atoms with Gasteiger partial charge in [0.25, 0.3) is 0 Å². The Hall–Kier alpha value is -1.91. The van der Waals surface area contributed by atoms with Gasteiger partial charge in [-0.05, 0) is 57.8 Å². The third kappa shape index (κ3) is 29.4. The van der Waals surface area contributed by atoms with Crippen LogP contribution >= 0.6 is 0 Å². The molecule has 0 rings (SSSR count). The molecule has 0 bridgehead atoms. The molecule has 3 N–H and O–H groups in total. The fraction of sp³-hybridized carbons (Fsp3) is 0.703. The lowest BCUT2D eigenvalue weighted by Crippen LogP contribution is -2.45. The van der Waals surface area contributed by atoms with Crippen LogP contribution in [0.5, 0.6) is 0 Å². The largest absolute Gasteiger partial charge is 0.394 e. The maximum Gasteiger partial charge on any atom is 0.220 e. The van der Waals surface area contributed by atoms with Gasteiger partial charge >= 0.3 is 0 Å². The SMILES string of the molecule is CC/C=C\C/C=C\C/C=C\C/C=C\CCCCCCCCCCCCC(=O)NC(CO)C(O)/C=C/CCCCCC. The smallest absolute Gasteiger partial charge is 0.220 e. The van der Waals surface area contributed by atoms with Gasteiger partial charge in [0.05, 0.1) is 18.8 Å². The predicted molar refractivity (Wildman–Crippen MR) is 179 cm³/mol. The molecule has 1 amide bonds. The number of nitrogens with one attached hydrogen (secondary N) is 1. The predicted octanol–water partition coefficient (Wildman–Crippen LogP) is 9.84. The summed E-state index contributed by atoms with van der Waals surface area (Å²) in [6.07, 6.45) is 44.6. The number of aliphatic hydroxyl groups excluding tert-OH is 2. The molecule has 0 saturated carbocycles. The molecule has 0 aromatic carbocycles. The van der Waals surface area contributed by atoms with Gasteiger partial charge < -0.3 is 15.5 Å². The minimum Gasteiger partial charge on any atom is -0.394 e. The number of allylic oxidation sites excluding steroid dienone is 9. The zero-order valence-electron chi connectivity index (χ0n) is 26.8. The van der Waals surface area contributed by atoms with E-state index in [2.05, 4.69) is 67.8 Å². The van der Waals surface area contributed by atoms with Crippen molar-refractivity contribution >= 4 is 5.91 Å². The summed E-state index contributed by atoms with van der Waals surface area (Å²) in [7, 11) is 0. The Morgan fingerprint density at radius 2 is 1.07 bits per heavy atom. The average Bonchev–Trinajstić information content (AvgIpc) is 2.97. The van der Waals surface area contributed by atoms with Gasteiger partial charge in [-0.15, -0.1) is 0 Å². The van der Waals surface area contributed by atoms with Crippen LogP contribution in [0.2, 0.25) is 0 Å². The van der Waals surface area contributed by atoms with Crippen molar-refractivity contribution in [1.82, 2.24) is 5.32 Å². The van der Waals surface area contributed by atoms with Crippen molar-refractivity contribution in [1.29, 1.82) is 0 Å². The second-order valence-corrected chi connectivity index (χ2v) is 11.2. The first kappa shape index (κ1) is 39.1. The van der Waals surface area contributed by atoms with Gasteiger partial charge in [0.15, 0.2) is 0 Å². The van der Waals surface area contributed by atoms with E-state index >= 15 is 0 Å². The molecule has 0 saturated heterocycles. The molecule has 0 heterocycles. The summed E-state index contributed by atoms with van der Waals surface area (Å²) in [5.74, 6) is -0.0790. The molecule has 0 aromatic heterocycles. The molecule has 2 unspecified atom stereocenters. The first-order valence-corrected chi connectivity index (χ1v) is 17.0. The fourth-order valence-corrected chi connectivity index (χ4v) is 4.64. The number of rotatable bonds is 29. The van der Waals surface area contributed by atoms with Crippen LogP contribution in [0.15, 0.2) is 60.8 Å². The zero-order chi connectivity index (χ0) is 30.1. The highest BCUT2D eigenvalue weighted by atomic mass is 16.3. The summed E-state index contributed by atoms with van der Waals surface area (Å²) >= 11 is 0. The standard InChI is InChI=1S/C37H65NO3/c1-3-5-7-9-11-12-13-14-15-16-17-18-19-20-21-22-23-24-25-26-27-29-31-33-37(41)38-35(34-39)36(40)32-30-28-10-8-6-4-2/h5,7,11-12,14-15,17-18,30,32,35-36,39-40H,3-4,6,8-10,13,16,19-29,31,33-34H2,1-2H3,(H,38,41)/b7-5-,12-11-,15-14-,18-17-,32-30+. The fourth-order valence-electron chi connectivity index (χ4n) is 4.64. The van der Waals surface area contributed by atoms with Crippen molar-refractivity contribution < 1.29 is 15.0 Å². The van der Waals surface area contributed by atoms with Crippen LogP contribution in [0.3, 0.4) is 0 Å². The number of hydrogen-bond acceptors (Lipinski definition) is 3. The van der Waals surface area contributed by atoms with Gasteiger partial charge in [-0.3, -0.25) is 4.79 Å². The summed E-state index contributed by atoms with van der Waals surface area (Å²) in [6, 6.07) is -0.622. The molecule has 4 heteroatoms. The van der Waals surface area contributed by atoms with E-state index in [9.17, 15) is 15.0 Å². The van der Waals surface area contributed by atoms with Crippen molar-refractivity contribution in [3.8, 4) is 0 Å². The van der Waals surface area contributed by atoms with Crippen LogP contribution in [0.25, 0.3) is 0 Å². The highest BCUT2D eigenvalue weighted by Gasteiger charge is 2.17. The van der Waals surface area contributed by atoms with E-state index in [0.717, 1.165) is 51.4 Å². The van der Waals surface area contributed by atoms with Crippen molar-refractivity contribution in [3.05, 3.63) is 60.8 Å². The molecule has 236 valence electrons. The average molecular weight is 572 g/mol. The van der Waals surface area contributed by atoms with Gasteiger partial charge in [0.2, 0.25) is 5.91 Å². The Morgan fingerprint density at radius 3 is 1.61 bits per heavy atom. The highest BCUT2D eigenvalue weighted by molar-refractivity contribution is 5.76. The molecule has 0 aliphatic rings. The summed E-state index contributed by atoms with van der Waals surface area (Å²) in [4.78, 5) is 12.2. The van der Waals surface area contributed by atoms with Crippen molar-refractivity contribution in [2.24, 2.45) is 0 Å². The number of aliphatic hydroxyl groups is 2. The van der Waals surface area contributed by atoms with Crippen LogP contribution in [-0.4, -0.2) is 34.9 Å². The maximum absolute atomic E-state index is 12.2. The molecule has 2 atom stereocenters. The quantitative estimate of drug-likeness (QED) is 0.0618. The molecule has 4 nitrogen and oxygen atoms in total. The van der Waals surface area contributed by atoms with Crippen LogP contribution < -0.4 is 5.32 Å². The molecular weight excluding hydrogens is 506 g/mol. The Labute approximate surface area is 254 Å². The highest BCUT2D eigenvalue weighted by Crippen LogP contribution is 2.12. The third-order valence-corrected chi connectivity index (χ3v) is 7.26. The summed E-state index contributed by atoms with van der Waals surface area (Å²) < 4.78 is 0. The zero-order valence-corrected chi connectivity index (χ0v) is 26.8. The van der Waals surface area contributed by atoms with Gasteiger partial charge in [-0.2, -0.15) is 0 Å². The van der Waals surface area contributed by atoms with Crippen molar-refractivity contribution in [3.63, 3.8) is 0 Å². The molecule has 0 aliphatic heterocycles. The van der Waals surface area contributed by atoms with E-state index in [1.54, 1.807) is 6.08 Å². The number of carbonyl (C=O) groups excluding carboxylic acids is 1. The number of hydrogen-bond donors (Lipinski definition) is 3. The second-order valence-electron chi connectivity index (χ2n) is 11.2. The first-order chi connectivity index (χ1) is 20.2. The van der Waals surface area contributed by atoms with Crippen LogP contribution in [0.1, 0.15) is 149 Å². The van der Waals surface area contributed by atoms with E-state index in [1.807, 2.05) is 6.08 Å².